The molecule has 0 unspecified atom stereocenters. The van der Waals surface area contributed by atoms with Gasteiger partial charge in [0, 0.05) is 11.4 Å². The van der Waals surface area contributed by atoms with E-state index < -0.39 is 0 Å². The van der Waals surface area contributed by atoms with Crippen LogP contribution in [0, 0.1) is 13.8 Å². The Morgan fingerprint density at radius 1 is 1.32 bits per heavy atom. The van der Waals surface area contributed by atoms with Gasteiger partial charge in [0.05, 0.1) is 5.56 Å². The lowest BCUT2D eigenvalue weighted by atomic mass is 10.1. The highest BCUT2D eigenvalue weighted by Crippen LogP contribution is 2.18. The minimum Gasteiger partial charge on any atom is -0.398 e. The minimum atomic E-state index is -0.358. The van der Waals surface area contributed by atoms with Crippen molar-refractivity contribution in [2.75, 3.05) is 11.1 Å². The van der Waals surface area contributed by atoms with E-state index in [1.165, 1.54) is 0 Å². The van der Waals surface area contributed by atoms with Crippen LogP contribution in [-0.2, 0) is 0 Å². The summed E-state index contributed by atoms with van der Waals surface area (Å²) in [6, 6.07) is 6.87. The van der Waals surface area contributed by atoms with Crippen molar-refractivity contribution in [3.8, 4) is 0 Å². The van der Waals surface area contributed by atoms with Gasteiger partial charge in [-0.1, -0.05) is 23.7 Å². The molecule has 1 aromatic heterocycles. The van der Waals surface area contributed by atoms with Gasteiger partial charge in [-0.15, -0.1) is 0 Å². The Hall–Kier alpha value is -2.14. The van der Waals surface area contributed by atoms with Crippen molar-refractivity contribution in [1.29, 1.82) is 0 Å². The molecule has 2 rings (SSSR count). The predicted octanol–water partition coefficient (Wildman–Crippen LogP) is 2.58. The largest absolute Gasteiger partial charge is 0.398 e. The topological polar surface area (TPSA) is 80.9 Å². The fourth-order valence-electron chi connectivity index (χ4n) is 1.63. The molecular formula is C13H13ClN4O. The van der Waals surface area contributed by atoms with Crippen LogP contribution in [-0.4, -0.2) is 15.9 Å². The van der Waals surface area contributed by atoms with Gasteiger partial charge in [-0.2, -0.15) is 0 Å². The summed E-state index contributed by atoms with van der Waals surface area (Å²) in [7, 11) is 0. The SMILES string of the molecule is Cc1cc(Cl)nc(NC(=O)c2cccc(C)c2N)n1. The molecule has 0 aliphatic heterocycles. The number of amides is 1. The number of nitrogens with zero attached hydrogens (tertiary/aromatic N) is 2. The van der Waals surface area contributed by atoms with Gasteiger partial charge in [0.15, 0.2) is 0 Å². The first-order valence-electron chi connectivity index (χ1n) is 5.65. The summed E-state index contributed by atoms with van der Waals surface area (Å²) in [5.74, 6) is -0.196. The van der Waals surface area contributed by atoms with E-state index >= 15 is 0 Å². The highest BCUT2D eigenvalue weighted by molar-refractivity contribution is 6.29. The number of aryl methyl sites for hydroxylation is 2. The molecule has 0 aliphatic carbocycles. The summed E-state index contributed by atoms with van der Waals surface area (Å²) in [5, 5.41) is 2.86. The number of rotatable bonds is 2. The first-order chi connectivity index (χ1) is 8.97. The third kappa shape index (κ3) is 3.00. The van der Waals surface area contributed by atoms with E-state index in [2.05, 4.69) is 15.3 Å². The molecule has 19 heavy (non-hydrogen) atoms. The molecule has 0 bridgehead atoms. The van der Waals surface area contributed by atoms with Crippen LogP contribution in [0.4, 0.5) is 11.6 Å². The Morgan fingerprint density at radius 3 is 2.74 bits per heavy atom. The second kappa shape index (κ2) is 5.24. The molecule has 3 N–H and O–H groups in total. The second-order valence-electron chi connectivity index (χ2n) is 4.15. The Morgan fingerprint density at radius 2 is 2.05 bits per heavy atom. The number of nitrogens with one attached hydrogen (secondary N) is 1. The molecule has 5 nitrogen and oxygen atoms in total. The molecule has 1 heterocycles. The quantitative estimate of drug-likeness (QED) is 0.652. The average Bonchev–Trinajstić information content (AvgIpc) is 2.31. The van der Waals surface area contributed by atoms with Gasteiger partial charge in [0.25, 0.3) is 5.91 Å². The summed E-state index contributed by atoms with van der Waals surface area (Å²) in [4.78, 5) is 20.1. The maximum atomic E-state index is 12.1. The summed E-state index contributed by atoms with van der Waals surface area (Å²) in [6.45, 7) is 3.61. The lowest BCUT2D eigenvalue weighted by Gasteiger charge is -2.08. The minimum absolute atomic E-state index is 0.163. The lowest BCUT2D eigenvalue weighted by Crippen LogP contribution is -2.16. The average molecular weight is 277 g/mol. The van der Waals surface area contributed by atoms with Gasteiger partial charge < -0.3 is 5.73 Å². The standard InChI is InChI=1S/C13H13ClN4O/c1-7-4-3-5-9(11(7)15)12(19)18-13-16-8(2)6-10(14)17-13/h3-6H,15H2,1-2H3,(H,16,17,18,19). The van der Waals surface area contributed by atoms with E-state index in [4.69, 9.17) is 17.3 Å². The molecule has 0 fully saturated rings. The van der Waals surface area contributed by atoms with Gasteiger partial charge in [-0.05, 0) is 31.5 Å². The molecule has 0 atom stereocenters. The molecule has 0 saturated carbocycles. The molecular weight excluding hydrogens is 264 g/mol. The summed E-state index contributed by atoms with van der Waals surface area (Å²) < 4.78 is 0. The highest BCUT2D eigenvalue weighted by Gasteiger charge is 2.12. The number of para-hydroxylation sites is 1. The fourth-order valence-corrected chi connectivity index (χ4v) is 1.87. The highest BCUT2D eigenvalue weighted by atomic mass is 35.5. The van der Waals surface area contributed by atoms with Crippen molar-refractivity contribution < 1.29 is 4.79 Å². The molecule has 0 spiro atoms. The van der Waals surface area contributed by atoms with Crippen LogP contribution in [0.5, 0.6) is 0 Å². The number of benzene rings is 1. The van der Waals surface area contributed by atoms with Crippen LogP contribution >= 0.6 is 11.6 Å². The zero-order chi connectivity index (χ0) is 14.0. The van der Waals surface area contributed by atoms with Crippen LogP contribution in [0.2, 0.25) is 5.15 Å². The normalized spacial score (nSPS) is 10.3. The first kappa shape index (κ1) is 13.3. The van der Waals surface area contributed by atoms with Crippen molar-refractivity contribution in [2.45, 2.75) is 13.8 Å². The summed E-state index contributed by atoms with van der Waals surface area (Å²) >= 11 is 5.81. The van der Waals surface area contributed by atoms with Crippen molar-refractivity contribution in [2.24, 2.45) is 0 Å². The molecule has 0 aliphatic rings. The number of hydrogen-bond donors (Lipinski definition) is 2. The number of hydrogen-bond acceptors (Lipinski definition) is 4. The Labute approximate surface area is 115 Å². The molecule has 1 aromatic carbocycles. The third-order valence-electron chi connectivity index (χ3n) is 2.62. The Bertz CT molecular complexity index is 622. The van der Waals surface area contributed by atoms with Crippen LogP contribution < -0.4 is 11.1 Å². The smallest absolute Gasteiger partial charge is 0.260 e. The maximum Gasteiger partial charge on any atom is 0.260 e. The number of carbonyl (C=O) groups is 1. The molecule has 98 valence electrons. The molecule has 0 saturated heterocycles. The van der Waals surface area contributed by atoms with E-state index in [0.717, 1.165) is 5.56 Å². The van der Waals surface area contributed by atoms with E-state index in [1.807, 2.05) is 13.0 Å². The van der Waals surface area contributed by atoms with Crippen LogP contribution in [0.3, 0.4) is 0 Å². The monoisotopic (exact) mass is 276 g/mol. The molecule has 2 aromatic rings. The predicted molar refractivity (Wildman–Crippen MR) is 75.3 cm³/mol. The molecule has 6 heteroatoms. The number of aromatic nitrogens is 2. The number of halogens is 1. The first-order valence-corrected chi connectivity index (χ1v) is 6.03. The number of nitrogens with two attached hydrogens (primary N) is 1. The van der Waals surface area contributed by atoms with Crippen molar-refractivity contribution >= 4 is 29.1 Å². The third-order valence-corrected chi connectivity index (χ3v) is 2.81. The molecule has 1 amide bonds. The van der Waals surface area contributed by atoms with E-state index in [1.54, 1.807) is 25.1 Å². The second-order valence-corrected chi connectivity index (χ2v) is 4.53. The van der Waals surface area contributed by atoms with Crippen molar-refractivity contribution in [3.05, 3.63) is 46.2 Å². The van der Waals surface area contributed by atoms with E-state index in [0.29, 0.717) is 16.9 Å². The summed E-state index contributed by atoms with van der Waals surface area (Å²) in [5.41, 5.74) is 8.22. The van der Waals surface area contributed by atoms with Crippen molar-refractivity contribution in [3.63, 3.8) is 0 Å². The van der Waals surface area contributed by atoms with Crippen LogP contribution in [0.1, 0.15) is 21.6 Å². The van der Waals surface area contributed by atoms with Crippen LogP contribution in [0.25, 0.3) is 0 Å². The lowest BCUT2D eigenvalue weighted by molar-refractivity contribution is 0.102. The van der Waals surface area contributed by atoms with Gasteiger partial charge in [0.2, 0.25) is 5.95 Å². The van der Waals surface area contributed by atoms with Gasteiger partial charge >= 0.3 is 0 Å². The van der Waals surface area contributed by atoms with Crippen molar-refractivity contribution in [1.82, 2.24) is 9.97 Å². The Balaban J connectivity index is 2.28. The maximum absolute atomic E-state index is 12.1. The summed E-state index contributed by atoms with van der Waals surface area (Å²) in [6.07, 6.45) is 0. The van der Waals surface area contributed by atoms with Gasteiger partial charge in [-0.25, -0.2) is 9.97 Å². The van der Waals surface area contributed by atoms with Crippen LogP contribution in [0.15, 0.2) is 24.3 Å². The van der Waals surface area contributed by atoms with Gasteiger partial charge in [0.1, 0.15) is 5.15 Å². The number of nitrogen functional groups attached to an aromatic ring is 1. The zero-order valence-corrected chi connectivity index (χ0v) is 11.3. The fraction of sp³-hybridized carbons (Fsp3) is 0.154. The Kier molecular flexibility index (Phi) is 3.66. The zero-order valence-electron chi connectivity index (χ0n) is 10.6. The van der Waals surface area contributed by atoms with E-state index in [9.17, 15) is 4.79 Å². The van der Waals surface area contributed by atoms with E-state index in [-0.39, 0.29) is 17.0 Å². The van der Waals surface area contributed by atoms with Gasteiger partial charge in [-0.3, -0.25) is 10.1 Å². The number of carbonyl (C=O) groups excluding carboxylic acids is 1. The number of anilines is 2. The molecule has 0 radical (unpaired) electrons.